The van der Waals surface area contributed by atoms with Gasteiger partial charge in [-0.2, -0.15) is 0 Å². The van der Waals surface area contributed by atoms with Gasteiger partial charge in [0, 0.05) is 12.7 Å². The summed E-state index contributed by atoms with van der Waals surface area (Å²) < 4.78 is 0. The Morgan fingerprint density at radius 1 is 1.00 bits per heavy atom. The lowest BCUT2D eigenvalue weighted by Crippen LogP contribution is -2.33. The van der Waals surface area contributed by atoms with Gasteiger partial charge in [0.1, 0.15) is 0 Å². The average molecular weight is 252 g/mol. The fourth-order valence-corrected chi connectivity index (χ4v) is 2.91. The zero-order valence-corrected chi connectivity index (χ0v) is 11.2. The Morgan fingerprint density at radius 3 is 2.63 bits per heavy atom. The minimum atomic E-state index is 0.482. The van der Waals surface area contributed by atoms with E-state index in [2.05, 4.69) is 52.3 Å². The van der Waals surface area contributed by atoms with Gasteiger partial charge in [-0.1, -0.05) is 42.8 Å². The summed E-state index contributed by atoms with van der Waals surface area (Å²) in [5.41, 5.74) is 2.61. The molecule has 1 aromatic heterocycles. The molecule has 0 saturated carbocycles. The molecule has 1 fully saturated rings. The summed E-state index contributed by atoms with van der Waals surface area (Å²) in [6.45, 7) is 2.21. The Morgan fingerprint density at radius 2 is 1.84 bits per heavy atom. The molecule has 1 aliphatic rings. The van der Waals surface area contributed by atoms with Crippen LogP contribution < -0.4 is 0 Å². The third-order valence-corrected chi connectivity index (χ3v) is 3.87. The van der Waals surface area contributed by atoms with E-state index in [-0.39, 0.29) is 0 Å². The highest BCUT2D eigenvalue weighted by atomic mass is 15.2. The molecule has 0 amide bonds. The Bertz CT molecular complexity index is 495. The molecule has 1 saturated heterocycles. The summed E-state index contributed by atoms with van der Waals surface area (Å²) in [5.74, 6) is 0. The van der Waals surface area contributed by atoms with Crippen LogP contribution in [0.3, 0.4) is 0 Å². The molecule has 0 unspecified atom stereocenters. The second-order valence-electron chi connectivity index (χ2n) is 5.22. The fourth-order valence-electron chi connectivity index (χ4n) is 2.91. The van der Waals surface area contributed by atoms with Crippen molar-refractivity contribution >= 4 is 0 Å². The summed E-state index contributed by atoms with van der Waals surface area (Å²) in [4.78, 5) is 7.12. The monoisotopic (exact) mass is 252 g/mol. The van der Waals surface area contributed by atoms with Gasteiger partial charge in [0.2, 0.25) is 0 Å². The van der Waals surface area contributed by atoms with Gasteiger partial charge in [0.05, 0.1) is 11.7 Å². The first-order valence-corrected chi connectivity index (χ1v) is 7.12. The Labute approximate surface area is 115 Å². The van der Waals surface area contributed by atoms with Crippen LogP contribution in [-0.4, -0.2) is 16.4 Å². The molecular weight excluding hydrogens is 232 g/mol. The lowest BCUT2D eigenvalue weighted by atomic mass is 9.98. The molecule has 2 heterocycles. The number of likely N-dealkylation sites (tertiary alicyclic amines) is 1. The molecule has 0 N–H and O–H groups in total. The summed E-state index contributed by atoms with van der Waals surface area (Å²) in [6, 6.07) is 17.5. The van der Waals surface area contributed by atoms with Crippen LogP contribution in [0, 0.1) is 0 Å². The maximum atomic E-state index is 4.55. The molecule has 1 atom stereocenters. The first kappa shape index (κ1) is 12.4. The zero-order chi connectivity index (χ0) is 12.9. The number of benzene rings is 1. The summed E-state index contributed by atoms with van der Waals surface area (Å²) >= 11 is 0. The van der Waals surface area contributed by atoms with E-state index in [1.54, 1.807) is 0 Å². The van der Waals surface area contributed by atoms with Crippen LogP contribution >= 0.6 is 0 Å². The molecule has 98 valence electrons. The van der Waals surface area contributed by atoms with Crippen molar-refractivity contribution in [3.8, 4) is 0 Å². The third kappa shape index (κ3) is 3.02. The minimum absolute atomic E-state index is 0.482. The quantitative estimate of drug-likeness (QED) is 0.825. The normalized spacial score (nSPS) is 20.3. The molecule has 2 heteroatoms. The molecule has 0 spiro atoms. The van der Waals surface area contributed by atoms with Crippen molar-refractivity contribution in [3.63, 3.8) is 0 Å². The highest BCUT2D eigenvalue weighted by molar-refractivity contribution is 5.16. The van der Waals surface area contributed by atoms with Crippen molar-refractivity contribution in [1.29, 1.82) is 0 Å². The Kier molecular flexibility index (Phi) is 3.89. The van der Waals surface area contributed by atoms with E-state index in [0.29, 0.717) is 6.04 Å². The molecule has 2 aromatic rings. The van der Waals surface area contributed by atoms with Gasteiger partial charge in [0.25, 0.3) is 0 Å². The molecule has 1 aliphatic heterocycles. The van der Waals surface area contributed by atoms with Gasteiger partial charge < -0.3 is 0 Å². The van der Waals surface area contributed by atoms with Crippen molar-refractivity contribution < 1.29 is 0 Å². The third-order valence-electron chi connectivity index (χ3n) is 3.87. The lowest BCUT2D eigenvalue weighted by molar-refractivity contribution is 0.137. The summed E-state index contributed by atoms with van der Waals surface area (Å²) in [6.07, 6.45) is 5.75. The van der Waals surface area contributed by atoms with E-state index < -0.39 is 0 Å². The van der Waals surface area contributed by atoms with E-state index in [9.17, 15) is 0 Å². The van der Waals surface area contributed by atoms with Crippen LogP contribution in [0.25, 0.3) is 0 Å². The number of rotatable bonds is 3. The Balaban J connectivity index is 1.78. The molecule has 0 radical (unpaired) electrons. The van der Waals surface area contributed by atoms with Crippen molar-refractivity contribution in [2.24, 2.45) is 0 Å². The minimum Gasteiger partial charge on any atom is -0.291 e. The number of aromatic nitrogens is 1. The van der Waals surface area contributed by atoms with Crippen LogP contribution in [0.15, 0.2) is 54.7 Å². The van der Waals surface area contributed by atoms with Gasteiger partial charge in [-0.25, -0.2) is 0 Å². The van der Waals surface area contributed by atoms with Gasteiger partial charge in [-0.3, -0.25) is 9.88 Å². The van der Waals surface area contributed by atoms with Crippen molar-refractivity contribution in [2.45, 2.75) is 31.8 Å². The predicted octanol–water partition coefficient (Wildman–Crippen LogP) is 3.81. The van der Waals surface area contributed by atoms with Gasteiger partial charge in [0.15, 0.2) is 0 Å². The lowest BCUT2D eigenvalue weighted by Gasteiger charge is -2.35. The molecule has 3 rings (SSSR count). The maximum Gasteiger partial charge on any atom is 0.0575 e. The van der Waals surface area contributed by atoms with Crippen LogP contribution in [-0.2, 0) is 6.54 Å². The largest absolute Gasteiger partial charge is 0.291 e. The van der Waals surface area contributed by atoms with Crippen molar-refractivity contribution in [1.82, 2.24) is 9.88 Å². The Hall–Kier alpha value is -1.67. The SMILES string of the molecule is c1ccc(CN2CCCC[C@H]2c2ccccn2)cc1. The highest BCUT2D eigenvalue weighted by Crippen LogP contribution is 2.30. The van der Waals surface area contributed by atoms with Crippen LogP contribution in [0.1, 0.15) is 36.6 Å². The topological polar surface area (TPSA) is 16.1 Å². The highest BCUT2D eigenvalue weighted by Gasteiger charge is 2.24. The molecule has 2 nitrogen and oxygen atoms in total. The number of nitrogens with zero attached hydrogens (tertiary/aromatic N) is 2. The van der Waals surface area contributed by atoms with E-state index in [1.807, 2.05) is 12.3 Å². The van der Waals surface area contributed by atoms with E-state index in [0.717, 1.165) is 6.54 Å². The van der Waals surface area contributed by atoms with Crippen LogP contribution in [0.4, 0.5) is 0 Å². The van der Waals surface area contributed by atoms with E-state index in [4.69, 9.17) is 0 Å². The molecule has 0 bridgehead atoms. The average Bonchev–Trinajstić information content (AvgIpc) is 2.50. The first-order valence-electron chi connectivity index (χ1n) is 7.12. The second kappa shape index (κ2) is 5.98. The number of hydrogen-bond acceptors (Lipinski definition) is 2. The van der Waals surface area contributed by atoms with Gasteiger partial charge in [-0.15, -0.1) is 0 Å². The molecule has 1 aromatic carbocycles. The summed E-state index contributed by atoms with van der Waals surface area (Å²) in [7, 11) is 0. The zero-order valence-electron chi connectivity index (χ0n) is 11.2. The smallest absolute Gasteiger partial charge is 0.0575 e. The summed E-state index contributed by atoms with van der Waals surface area (Å²) in [5, 5.41) is 0. The van der Waals surface area contributed by atoms with Gasteiger partial charge in [-0.05, 0) is 37.1 Å². The standard InChI is InChI=1S/C17H20N2/c1-2-8-15(9-3-1)14-19-13-7-5-11-17(19)16-10-4-6-12-18-16/h1-4,6,8-10,12,17H,5,7,11,13-14H2/t17-/m0/s1. The van der Waals surface area contributed by atoms with Crippen LogP contribution in [0.5, 0.6) is 0 Å². The predicted molar refractivity (Wildman–Crippen MR) is 77.7 cm³/mol. The number of hydrogen-bond donors (Lipinski definition) is 0. The van der Waals surface area contributed by atoms with Crippen molar-refractivity contribution in [2.75, 3.05) is 6.54 Å². The maximum absolute atomic E-state index is 4.55. The molecule has 0 aliphatic carbocycles. The molecular formula is C17H20N2. The van der Waals surface area contributed by atoms with E-state index in [1.165, 1.54) is 37.1 Å². The van der Waals surface area contributed by atoms with Crippen molar-refractivity contribution in [3.05, 3.63) is 66.0 Å². The van der Waals surface area contributed by atoms with Crippen LogP contribution in [0.2, 0.25) is 0 Å². The van der Waals surface area contributed by atoms with Gasteiger partial charge >= 0.3 is 0 Å². The number of pyridine rings is 1. The molecule has 19 heavy (non-hydrogen) atoms. The van der Waals surface area contributed by atoms with E-state index >= 15 is 0 Å². The first-order chi connectivity index (χ1) is 9.43. The fraction of sp³-hybridized carbons (Fsp3) is 0.353. The second-order valence-corrected chi connectivity index (χ2v) is 5.22. The number of piperidine rings is 1.